The molecule has 1 atom stereocenters. The fourth-order valence-corrected chi connectivity index (χ4v) is 1.32. The van der Waals surface area contributed by atoms with Gasteiger partial charge in [0.2, 0.25) is 0 Å². The Hall–Kier alpha value is -0.120. The molecule has 0 aromatic rings. The standard InChI is InChI=1S/C8H18N2O.C2H6/c1-2-8(11)7-10-5-3-9-4-6-10;1-2/h8-9,11H,2-7H2,1H3;1-2H3. The molecule has 0 amide bonds. The minimum absolute atomic E-state index is 0.131. The summed E-state index contributed by atoms with van der Waals surface area (Å²) in [6, 6.07) is 0. The molecular formula is C10H24N2O. The lowest BCUT2D eigenvalue weighted by Gasteiger charge is -2.28. The van der Waals surface area contributed by atoms with Gasteiger partial charge in [-0.15, -0.1) is 0 Å². The summed E-state index contributed by atoms with van der Waals surface area (Å²) in [5.41, 5.74) is 0. The first-order valence-corrected chi connectivity index (χ1v) is 5.44. The fourth-order valence-electron chi connectivity index (χ4n) is 1.32. The van der Waals surface area contributed by atoms with Crippen LogP contribution in [-0.4, -0.2) is 48.8 Å². The number of hydrogen-bond donors (Lipinski definition) is 2. The van der Waals surface area contributed by atoms with Crippen LogP contribution in [0.5, 0.6) is 0 Å². The molecule has 0 spiro atoms. The maximum absolute atomic E-state index is 9.35. The van der Waals surface area contributed by atoms with Gasteiger partial charge in [-0.05, 0) is 6.42 Å². The molecule has 1 saturated heterocycles. The number of nitrogens with zero attached hydrogens (tertiary/aromatic N) is 1. The molecule has 80 valence electrons. The lowest BCUT2D eigenvalue weighted by atomic mass is 10.2. The minimum Gasteiger partial charge on any atom is -0.392 e. The first kappa shape index (κ1) is 12.9. The van der Waals surface area contributed by atoms with E-state index < -0.39 is 0 Å². The molecule has 1 unspecified atom stereocenters. The summed E-state index contributed by atoms with van der Waals surface area (Å²) in [5.74, 6) is 0. The Morgan fingerprint density at radius 2 is 1.85 bits per heavy atom. The van der Waals surface area contributed by atoms with Crippen LogP contribution in [-0.2, 0) is 0 Å². The summed E-state index contributed by atoms with van der Waals surface area (Å²) in [6.45, 7) is 11.2. The van der Waals surface area contributed by atoms with E-state index in [1.54, 1.807) is 0 Å². The lowest BCUT2D eigenvalue weighted by molar-refractivity contribution is 0.102. The first-order chi connectivity index (χ1) is 6.33. The van der Waals surface area contributed by atoms with Crippen LogP contribution < -0.4 is 5.32 Å². The van der Waals surface area contributed by atoms with Gasteiger partial charge in [0.1, 0.15) is 0 Å². The molecule has 1 aliphatic heterocycles. The van der Waals surface area contributed by atoms with Crippen molar-refractivity contribution in [3.63, 3.8) is 0 Å². The second-order valence-electron chi connectivity index (χ2n) is 3.11. The van der Waals surface area contributed by atoms with Gasteiger partial charge in [0.25, 0.3) is 0 Å². The van der Waals surface area contributed by atoms with Crippen LogP contribution in [0.3, 0.4) is 0 Å². The molecular weight excluding hydrogens is 164 g/mol. The molecule has 3 heteroatoms. The van der Waals surface area contributed by atoms with Crippen LogP contribution >= 0.6 is 0 Å². The normalized spacial score (nSPS) is 20.3. The van der Waals surface area contributed by atoms with E-state index in [-0.39, 0.29) is 6.10 Å². The van der Waals surface area contributed by atoms with E-state index in [0.29, 0.717) is 0 Å². The molecule has 1 heterocycles. The number of rotatable bonds is 3. The van der Waals surface area contributed by atoms with Gasteiger partial charge in [-0.3, -0.25) is 4.90 Å². The van der Waals surface area contributed by atoms with E-state index >= 15 is 0 Å². The van der Waals surface area contributed by atoms with Gasteiger partial charge >= 0.3 is 0 Å². The minimum atomic E-state index is -0.131. The molecule has 0 radical (unpaired) electrons. The zero-order chi connectivity index (χ0) is 10.1. The quantitative estimate of drug-likeness (QED) is 0.684. The Kier molecular flexibility index (Phi) is 8.40. The SMILES string of the molecule is CC.CCC(O)CN1CCNCC1. The predicted octanol–water partition coefficient (Wildman–Crippen LogP) is 0.689. The van der Waals surface area contributed by atoms with Crippen LogP contribution in [0, 0.1) is 0 Å². The summed E-state index contributed by atoms with van der Waals surface area (Å²) in [7, 11) is 0. The molecule has 0 bridgehead atoms. The van der Waals surface area contributed by atoms with Crippen molar-refractivity contribution in [2.45, 2.75) is 33.3 Å². The van der Waals surface area contributed by atoms with Crippen molar-refractivity contribution >= 4 is 0 Å². The molecule has 0 aromatic carbocycles. The zero-order valence-corrected chi connectivity index (χ0v) is 9.21. The summed E-state index contributed by atoms with van der Waals surface area (Å²) < 4.78 is 0. The van der Waals surface area contributed by atoms with Crippen LogP contribution in [0.1, 0.15) is 27.2 Å². The van der Waals surface area contributed by atoms with Crippen LogP contribution in [0.2, 0.25) is 0 Å². The molecule has 2 N–H and O–H groups in total. The highest BCUT2D eigenvalue weighted by molar-refractivity contribution is 4.69. The third kappa shape index (κ3) is 6.02. The summed E-state index contributed by atoms with van der Waals surface area (Å²) >= 11 is 0. The molecule has 0 aromatic heterocycles. The topological polar surface area (TPSA) is 35.5 Å². The van der Waals surface area contributed by atoms with Gasteiger partial charge in [0.05, 0.1) is 6.10 Å². The molecule has 0 aliphatic carbocycles. The van der Waals surface area contributed by atoms with Crippen molar-refractivity contribution in [1.29, 1.82) is 0 Å². The van der Waals surface area contributed by atoms with Gasteiger partial charge in [-0.2, -0.15) is 0 Å². The van der Waals surface area contributed by atoms with E-state index in [9.17, 15) is 5.11 Å². The maximum Gasteiger partial charge on any atom is 0.0664 e. The molecule has 1 aliphatic rings. The smallest absolute Gasteiger partial charge is 0.0664 e. The number of piperazine rings is 1. The predicted molar refractivity (Wildman–Crippen MR) is 57.0 cm³/mol. The highest BCUT2D eigenvalue weighted by atomic mass is 16.3. The lowest BCUT2D eigenvalue weighted by Crippen LogP contribution is -2.46. The maximum atomic E-state index is 9.35. The third-order valence-electron chi connectivity index (χ3n) is 2.15. The van der Waals surface area contributed by atoms with Crippen molar-refractivity contribution in [2.24, 2.45) is 0 Å². The van der Waals surface area contributed by atoms with Crippen molar-refractivity contribution in [2.75, 3.05) is 32.7 Å². The molecule has 1 rings (SSSR count). The van der Waals surface area contributed by atoms with Gasteiger partial charge in [-0.1, -0.05) is 20.8 Å². The van der Waals surface area contributed by atoms with E-state index in [0.717, 1.165) is 39.1 Å². The van der Waals surface area contributed by atoms with Gasteiger partial charge in [-0.25, -0.2) is 0 Å². The summed E-state index contributed by atoms with van der Waals surface area (Å²) in [5, 5.41) is 12.6. The van der Waals surface area contributed by atoms with Crippen LogP contribution in [0.25, 0.3) is 0 Å². The first-order valence-electron chi connectivity index (χ1n) is 5.44. The highest BCUT2D eigenvalue weighted by Crippen LogP contribution is 1.97. The number of aliphatic hydroxyl groups is 1. The van der Waals surface area contributed by atoms with Gasteiger partial charge in [0.15, 0.2) is 0 Å². The molecule has 1 fully saturated rings. The largest absolute Gasteiger partial charge is 0.392 e. The Morgan fingerprint density at radius 3 is 2.31 bits per heavy atom. The Balaban J connectivity index is 0.000000671. The number of aliphatic hydroxyl groups excluding tert-OH is 1. The van der Waals surface area contributed by atoms with Crippen molar-refractivity contribution in [3.05, 3.63) is 0 Å². The van der Waals surface area contributed by atoms with Crippen LogP contribution in [0.15, 0.2) is 0 Å². The molecule has 0 saturated carbocycles. The second-order valence-corrected chi connectivity index (χ2v) is 3.11. The van der Waals surface area contributed by atoms with Crippen molar-refractivity contribution in [3.8, 4) is 0 Å². The zero-order valence-electron chi connectivity index (χ0n) is 9.21. The van der Waals surface area contributed by atoms with E-state index in [2.05, 4.69) is 10.2 Å². The van der Waals surface area contributed by atoms with E-state index in [1.807, 2.05) is 20.8 Å². The fraction of sp³-hybridized carbons (Fsp3) is 1.00. The Bertz CT molecular complexity index is 103. The number of nitrogens with one attached hydrogen (secondary N) is 1. The Morgan fingerprint density at radius 1 is 1.31 bits per heavy atom. The summed E-state index contributed by atoms with van der Waals surface area (Å²) in [6.07, 6.45) is 0.734. The van der Waals surface area contributed by atoms with E-state index in [4.69, 9.17) is 0 Å². The van der Waals surface area contributed by atoms with Gasteiger partial charge < -0.3 is 10.4 Å². The Labute approximate surface area is 82.1 Å². The second kappa shape index (κ2) is 8.48. The number of hydrogen-bond acceptors (Lipinski definition) is 3. The van der Waals surface area contributed by atoms with Crippen molar-refractivity contribution < 1.29 is 5.11 Å². The highest BCUT2D eigenvalue weighted by Gasteiger charge is 2.12. The van der Waals surface area contributed by atoms with Crippen molar-refractivity contribution in [1.82, 2.24) is 10.2 Å². The third-order valence-corrected chi connectivity index (χ3v) is 2.15. The summed E-state index contributed by atoms with van der Waals surface area (Å²) in [4.78, 5) is 2.31. The van der Waals surface area contributed by atoms with E-state index in [1.165, 1.54) is 0 Å². The molecule has 13 heavy (non-hydrogen) atoms. The molecule has 3 nitrogen and oxygen atoms in total. The van der Waals surface area contributed by atoms with Crippen LogP contribution in [0.4, 0.5) is 0 Å². The average molecular weight is 188 g/mol. The van der Waals surface area contributed by atoms with Gasteiger partial charge in [0, 0.05) is 32.7 Å². The average Bonchev–Trinajstić information content (AvgIpc) is 2.22. The number of β-amino-alcohol motifs (C(OH)–C–C–N with tert-alkyl or cyclic N) is 1. The monoisotopic (exact) mass is 188 g/mol.